The Morgan fingerprint density at radius 3 is 2.59 bits per heavy atom. The van der Waals surface area contributed by atoms with E-state index in [2.05, 4.69) is 0 Å². The van der Waals surface area contributed by atoms with Crippen molar-refractivity contribution in [2.24, 2.45) is 0 Å². The summed E-state index contributed by atoms with van der Waals surface area (Å²) in [4.78, 5) is 10.3. The van der Waals surface area contributed by atoms with Crippen LogP contribution in [0.5, 0.6) is 11.5 Å². The number of hydrogen-bond acceptors (Lipinski definition) is 4. The summed E-state index contributed by atoms with van der Waals surface area (Å²) in [6, 6.07) is 5.16. The Bertz CT molecular complexity index is 440. The third-order valence-corrected chi connectivity index (χ3v) is 2.36. The molecular formula is C12H15NO4. The van der Waals surface area contributed by atoms with Gasteiger partial charge in [0.25, 0.3) is 0 Å². The summed E-state index contributed by atoms with van der Waals surface area (Å²) in [5.74, 6) is 1.20. The van der Waals surface area contributed by atoms with Gasteiger partial charge in [-0.3, -0.25) is 10.1 Å². The number of methoxy groups -OCH3 is 2. The van der Waals surface area contributed by atoms with E-state index >= 15 is 0 Å². The number of ether oxygens (including phenoxy) is 2. The fourth-order valence-corrected chi connectivity index (χ4v) is 1.40. The van der Waals surface area contributed by atoms with E-state index in [1.54, 1.807) is 32.2 Å². The van der Waals surface area contributed by atoms with Gasteiger partial charge in [0.05, 0.1) is 19.1 Å². The molecule has 0 atom stereocenters. The molecule has 0 heterocycles. The molecule has 0 aliphatic rings. The molecule has 0 aliphatic heterocycles. The van der Waals surface area contributed by atoms with Crippen LogP contribution in [0.3, 0.4) is 0 Å². The first kappa shape index (κ1) is 13.0. The summed E-state index contributed by atoms with van der Waals surface area (Å²) in [5, 5.41) is 10.7. The molecule has 17 heavy (non-hydrogen) atoms. The zero-order valence-corrected chi connectivity index (χ0v) is 10.1. The zero-order valence-electron chi connectivity index (χ0n) is 10.1. The Morgan fingerprint density at radius 1 is 1.41 bits per heavy atom. The largest absolute Gasteiger partial charge is 0.497 e. The highest BCUT2D eigenvalue weighted by Crippen LogP contribution is 2.26. The second-order valence-electron chi connectivity index (χ2n) is 3.35. The quantitative estimate of drug-likeness (QED) is 0.583. The Balaban J connectivity index is 3.17. The molecule has 0 saturated heterocycles. The van der Waals surface area contributed by atoms with Crippen LogP contribution in [0.15, 0.2) is 23.9 Å². The van der Waals surface area contributed by atoms with Gasteiger partial charge in [0, 0.05) is 24.1 Å². The van der Waals surface area contributed by atoms with E-state index in [0.717, 1.165) is 0 Å². The highest BCUT2D eigenvalue weighted by molar-refractivity contribution is 5.60. The molecule has 0 fully saturated rings. The third kappa shape index (κ3) is 3.21. The Kier molecular flexibility index (Phi) is 4.51. The Labute approximate surface area is 99.8 Å². The van der Waals surface area contributed by atoms with E-state index in [1.807, 2.05) is 0 Å². The Morgan fingerprint density at radius 2 is 2.12 bits per heavy atom. The van der Waals surface area contributed by atoms with Crippen LogP contribution >= 0.6 is 0 Å². The number of rotatable bonds is 5. The van der Waals surface area contributed by atoms with Crippen molar-refractivity contribution >= 4 is 6.08 Å². The molecule has 1 aromatic carbocycles. The van der Waals surface area contributed by atoms with Crippen LogP contribution in [0, 0.1) is 10.1 Å². The molecule has 0 aliphatic carbocycles. The SMILES string of the molecule is CC/C(=C\c1ccc(OC)cc1OC)[N+](=O)[O-]. The van der Waals surface area contributed by atoms with Gasteiger partial charge in [-0.25, -0.2) is 0 Å². The van der Waals surface area contributed by atoms with Crippen molar-refractivity contribution in [1.82, 2.24) is 0 Å². The van der Waals surface area contributed by atoms with Crippen LogP contribution in [-0.4, -0.2) is 19.1 Å². The maximum absolute atomic E-state index is 10.7. The predicted molar refractivity (Wildman–Crippen MR) is 64.8 cm³/mol. The van der Waals surface area contributed by atoms with Crippen molar-refractivity contribution in [3.05, 3.63) is 39.6 Å². The van der Waals surface area contributed by atoms with Crippen molar-refractivity contribution in [2.75, 3.05) is 14.2 Å². The van der Waals surface area contributed by atoms with Crippen molar-refractivity contribution in [2.45, 2.75) is 13.3 Å². The summed E-state index contributed by atoms with van der Waals surface area (Å²) in [6.45, 7) is 1.74. The number of allylic oxidation sites excluding steroid dienone is 1. The van der Waals surface area contributed by atoms with E-state index in [4.69, 9.17) is 9.47 Å². The molecule has 0 radical (unpaired) electrons. The molecule has 0 bridgehead atoms. The molecule has 0 unspecified atom stereocenters. The van der Waals surface area contributed by atoms with E-state index in [-0.39, 0.29) is 10.6 Å². The summed E-state index contributed by atoms with van der Waals surface area (Å²) in [7, 11) is 3.07. The second-order valence-corrected chi connectivity index (χ2v) is 3.35. The van der Waals surface area contributed by atoms with Gasteiger partial charge in [-0.05, 0) is 12.1 Å². The maximum atomic E-state index is 10.7. The first-order valence-electron chi connectivity index (χ1n) is 5.19. The molecule has 5 heteroatoms. The number of nitrogens with zero attached hydrogens (tertiary/aromatic N) is 1. The average Bonchev–Trinajstić information content (AvgIpc) is 2.35. The third-order valence-electron chi connectivity index (χ3n) is 2.36. The lowest BCUT2D eigenvalue weighted by atomic mass is 10.1. The maximum Gasteiger partial charge on any atom is 0.246 e. The summed E-state index contributed by atoms with van der Waals surface area (Å²) < 4.78 is 10.2. The number of benzene rings is 1. The van der Waals surface area contributed by atoms with Crippen LogP contribution in [0.2, 0.25) is 0 Å². The monoisotopic (exact) mass is 237 g/mol. The number of nitro groups is 1. The minimum Gasteiger partial charge on any atom is -0.497 e. The van der Waals surface area contributed by atoms with Gasteiger partial charge in [-0.15, -0.1) is 0 Å². The van der Waals surface area contributed by atoms with Crippen LogP contribution in [0.4, 0.5) is 0 Å². The normalized spacial score (nSPS) is 11.1. The fourth-order valence-electron chi connectivity index (χ4n) is 1.40. The topological polar surface area (TPSA) is 61.6 Å². The summed E-state index contributed by atoms with van der Waals surface area (Å²) >= 11 is 0. The smallest absolute Gasteiger partial charge is 0.246 e. The van der Waals surface area contributed by atoms with Crippen molar-refractivity contribution in [1.29, 1.82) is 0 Å². The zero-order chi connectivity index (χ0) is 12.8. The average molecular weight is 237 g/mol. The van der Waals surface area contributed by atoms with Crippen LogP contribution in [0.25, 0.3) is 6.08 Å². The van der Waals surface area contributed by atoms with E-state index in [9.17, 15) is 10.1 Å². The van der Waals surface area contributed by atoms with Gasteiger partial charge in [0.2, 0.25) is 5.70 Å². The summed E-state index contributed by atoms with van der Waals surface area (Å²) in [5.41, 5.74) is 0.815. The van der Waals surface area contributed by atoms with Crippen LogP contribution in [-0.2, 0) is 0 Å². The standard InChI is InChI=1S/C12H15NO4/c1-4-10(13(14)15)7-9-5-6-11(16-2)8-12(9)17-3/h5-8H,4H2,1-3H3/b10-7+. The molecule has 0 N–H and O–H groups in total. The summed E-state index contributed by atoms with van der Waals surface area (Å²) in [6.07, 6.45) is 1.88. The first-order chi connectivity index (χ1) is 8.12. The minimum absolute atomic E-state index is 0.147. The van der Waals surface area contributed by atoms with Gasteiger partial charge in [0.1, 0.15) is 11.5 Å². The van der Waals surface area contributed by atoms with Gasteiger partial charge in [-0.2, -0.15) is 0 Å². The lowest BCUT2D eigenvalue weighted by Crippen LogP contribution is -1.97. The van der Waals surface area contributed by atoms with Crippen molar-refractivity contribution < 1.29 is 14.4 Å². The molecule has 0 spiro atoms. The highest BCUT2D eigenvalue weighted by atomic mass is 16.6. The highest BCUT2D eigenvalue weighted by Gasteiger charge is 2.10. The molecule has 5 nitrogen and oxygen atoms in total. The molecule has 1 aromatic rings. The molecule has 1 rings (SSSR count). The number of hydrogen-bond donors (Lipinski definition) is 0. The fraction of sp³-hybridized carbons (Fsp3) is 0.333. The van der Waals surface area contributed by atoms with Gasteiger partial charge in [-0.1, -0.05) is 6.92 Å². The lowest BCUT2D eigenvalue weighted by Gasteiger charge is -2.07. The molecule has 92 valence electrons. The van der Waals surface area contributed by atoms with Crippen LogP contribution in [0.1, 0.15) is 18.9 Å². The van der Waals surface area contributed by atoms with Crippen LogP contribution < -0.4 is 9.47 Å². The Hall–Kier alpha value is -2.04. The predicted octanol–water partition coefficient (Wildman–Crippen LogP) is 2.73. The molecule has 0 amide bonds. The first-order valence-corrected chi connectivity index (χ1v) is 5.19. The van der Waals surface area contributed by atoms with Gasteiger partial charge in [0.15, 0.2) is 0 Å². The van der Waals surface area contributed by atoms with Gasteiger partial charge >= 0.3 is 0 Å². The van der Waals surface area contributed by atoms with Gasteiger partial charge < -0.3 is 9.47 Å². The van der Waals surface area contributed by atoms with E-state index in [0.29, 0.717) is 23.5 Å². The molecule has 0 aromatic heterocycles. The minimum atomic E-state index is -0.385. The van der Waals surface area contributed by atoms with Crippen molar-refractivity contribution in [3.8, 4) is 11.5 Å². The molecular weight excluding hydrogens is 222 g/mol. The lowest BCUT2D eigenvalue weighted by molar-refractivity contribution is -0.425. The van der Waals surface area contributed by atoms with E-state index < -0.39 is 0 Å². The second kappa shape index (κ2) is 5.89. The molecule has 0 saturated carbocycles. The van der Waals surface area contributed by atoms with E-state index in [1.165, 1.54) is 13.2 Å². The van der Waals surface area contributed by atoms with Crippen molar-refractivity contribution in [3.63, 3.8) is 0 Å².